The van der Waals surface area contributed by atoms with Crippen molar-refractivity contribution in [1.29, 1.82) is 0 Å². The second-order valence-corrected chi connectivity index (χ2v) is 13.6. The quantitative estimate of drug-likeness (QED) is 0.176. The lowest BCUT2D eigenvalue weighted by Gasteiger charge is -2.28. The Morgan fingerprint density at radius 2 is 1.18 bits per heavy atom. The lowest BCUT2D eigenvalue weighted by Crippen LogP contribution is -3.00. The lowest BCUT2D eigenvalue weighted by atomic mass is 9.97. The molecule has 0 aliphatic heterocycles. The van der Waals surface area contributed by atoms with Gasteiger partial charge in [-0.15, -0.1) is 0 Å². The molecule has 0 amide bonds. The maximum atomic E-state index is 13.0. The molecule has 4 aromatic carbocycles. The molecule has 4 aromatic rings. The Balaban J connectivity index is 0.00000420. The van der Waals surface area contributed by atoms with E-state index in [-0.39, 0.29) is 34.9 Å². The van der Waals surface area contributed by atoms with Crippen molar-refractivity contribution in [2.45, 2.75) is 33.9 Å². The summed E-state index contributed by atoms with van der Waals surface area (Å²) >= 11 is 0. The van der Waals surface area contributed by atoms with Crippen molar-refractivity contribution in [3.05, 3.63) is 120 Å². The minimum Gasteiger partial charge on any atom is -1.00 e. The highest BCUT2D eigenvalue weighted by Crippen LogP contribution is 2.58. The van der Waals surface area contributed by atoms with Gasteiger partial charge < -0.3 is 26.5 Å². The summed E-state index contributed by atoms with van der Waals surface area (Å²) in [5, 5.41) is 3.75. The number of hydrogen-bond acceptors (Lipinski definition) is 4. The Labute approximate surface area is 242 Å². The van der Waals surface area contributed by atoms with Crippen molar-refractivity contribution in [3.8, 4) is 5.75 Å². The number of carbonyl (C=O) groups excluding carboxylic acids is 2. The van der Waals surface area contributed by atoms with E-state index in [1.807, 2.05) is 30.3 Å². The highest BCUT2D eigenvalue weighted by molar-refractivity contribution is 7.95. The molecule has 0 heterocycles. The number of ether oxygens (including phenoxy) is 2. The fraction of sp³-hybridized carbons (Fsp3) is 0.212. The van der Waals surface area contributed by atoms with Crippen LogP contribution < -0.4 is 37.6 Å². The van der Waals surface area contributed by atoms with Crippen molar-refractivity contribution >= 4 is 35.1 Å². The van der Waals surface area contributed by atoms with Crippen LogP contribution in [0.2, 0.25) is 0 Å². The molecule has 202 valence electrons. The average molecular weight is 606 g/mol. The molecular weight excluding hydrogens is 571 g/mol. The standard InChI is InChI=1S/C33H34O4P.BrH/c1-5-36-31(34)29-23-25(21-22-30(29)37-32(35)33(2,3)4)24-38(26-15-9-6-10-16-26,27-17-11-7-12-18-27)28-19-13-8-14-20-28;/h6-23H,5,24H2,1-4H3;1H/q+1;/p-1. The van der Waals surface area contributed by atoms with Gasteiger partial charge in [0, 0.05) is 0 Å². The number of carbonyl (C=O) groups is 2. The Bertz CT molecular complexity index is 1290. The summed E-state index contributed by atoms with van der Waals surface area (Å²) in [4.78, 5) is 25.7. The van der Waals surface area contributed by atoms with E-state index in [2.05, 4.69) is 72.8 Å². The molecule has 39 heavy (non-hydrogen) atoms. The van der Waals surface area contributed by atoms with Crippen LogP contribution in [0.25, 0.3) is 0 Å². The molecular formula is C33H34BrO4P. The first-order valence-corrected chi connectivity index (χ1v) is 14.8. The molecule has 0 radical (unpaired) electrons. The first kappa shape index (κ1) is 30.3. The van der Waals surface area contributed by atoms with Crippen molar-refractivity contribution in [2.75, 3.05) is 6.61 Å². The SMILES string of the molecule is CCOC(=O)c1cc(C[P+](c2ccccc2)(c2ccccc2)c2ccccc2)ccc1OC(=O)C(C)(C)C.[Br-]. The van der Waals surface area contributed by atoms with E-state index in [0.717, 1.165) is 5.56 Å². The number of hydrogen-bond donors (Lipinski definition) is 0. The molecule has 0 bridgehead atoms. The van der Waals surface area contributed by atoms with Crippen molar-refractivity contribution in [1.82, 2.24) is 0 Å². The van der Waals surface area contributed by atoms with Gasteiger partial charge in [-0.3, -0.25) is 4.79 Å². The minimum absolute atomic E-state index is 0. The van der Waals surface area contributed by atoms with E-state index in [4.69, 9.17) is 9.47 Å². The molecule has 0 spiro atoms. The number of halogens is 1. The molecule has 0 saturated heterocycles. The Kier molecular flexibility index (Phi) is 10.2. The van der Waals surface area contributed by atoms with Gasteiger partial charge in [0.2, 0.25) is 0 Å². The lowest BCUT2D eigenvalue weighted by molar-refractivity contribution is -0.143. The maximum Gasteiger partial charge on any atom is 0.341 e. The monoisotopic (exact) mass is 604 g/mol. The third kappa shape index (κ3) is 6.84. The molecule has 4 nitrogen and oxygen atoms in total. The molecule has 0 fully saturated rings. The third-order valence-corrected chi connectivity index (χ3v) is 10.7. The second kappa shape index (κ2) is 13.2. The first-order valence-electron chi connectivity index (χ1n) is 12.8. The van der Waals surface area contributed by atoms with Crippen LogP contribution in [0.4, 0.5) is 0 Å². The fourth-order valence-corrected chi connectivity index (χ4v) is 8.66. The van der Waals surface area contributed by atoms with Gasteiger partial charge >= 0.3 is 11.9 Å². The summed E-state index contributed by atoms with van der Waals surface area (Å²) in [5.41, 5.74) is 0.516. The summed E-state index contributed by atoms with van der Waals surface area (Å²) < 4.78 is 11.0. The van der Waals surface area contributed by atoms with Gasteiger partial charge in [0.05, 0.1) is 18.2 Å². The van der Waals surface area contributed by atoms with Crippen molar-refractivity contribution < 1.29 is 36.0 Å². The molecule has 0 unspecified atom stereocenters. The molecule has 0 aromatic heterocycles. The van der Waals surface area contributed by atoms with Gasteiger partial charge in [-0.1, -0.05) is 60.7 Å². The van der Waals surface area contributed by atoms with Crippen LogP contribution in [0.15, 0.2) is 109 Å². The molecule has 0 aliphatic rings. The molecule has 0 saturated carbocycles. The predicted octanol–water partition coefficient (Wildman–Crippen LogP) is 3.31. The third-order valence-electron chi connectivity index (χ3n) is 6.36. The predicted molar refractivity (Wildman–Crippen MR) is 156 cm³/mol. The summed E-state index contributed by atoms with van der Waals surface area (Å²) in [6, 6.07) is 37.2. The van der Waals surface area contributed by atoms with Crippen LogP contribution in [0, 0.1) is 5.41 Å². The largest absolute Gasteiger partial charge is 1.00 e. The zero-order chi connectivity index (χ0) is 27.2. The topological polar surface area (TPSA) is 52.6 Å². The van der Waals surface area contributed by atoms with Crippen molar-refractivity contribution in [3.63, 3.8) is 0 Å². The van der Waals surface area contributed by atoms with Gasteiger partial charge in [0.1, 0.15) is 34.5 Å². The van der Waals surface area contributed by atoms with E-state index in [1.54, 1.807) is 33.8 Å². The van der Waals surface area contributed by atoms with Gasteiger partial charge in [0.25, 0.3) is 0 Å². The summed E-state index contributed by atoms with van der Waals surface area (Å²) in [6.07, 6.45) is 0.685. The molecule has 0 aliphatic carbocycles. The van der Waals surface area contributed by atoms with Crippen LogP contribution in [0.5, 0.6) is 5.75 Å². The van der Waals surface area contributed by atoms with Crippen LogP contribution >= 0.6 is 7.26 Å². The highest BCUT2D eigenvalue weighted by atomic mass is 79.9. The zero-order valence-corrected chi connectivity index (χ0v) is 25.2. The average Bonchev–Trinajstić information content (AvgIpc) is 2.93. The van der Waals surface area contributed by atoms with Crippen LogP contribution in [-0.2, 0) is 15.7 Å². The Morgan fingerprint density at radius 3 is 1.59 bits per heavy atom. The normalized spacial score (nSPS) is 11.3. The van der Waals surface area contributed by atoms with Gasteiger partial charge in [-0.25, -0.2) is 4.79 Å². The molecule has 0 N–H and O–H groups in total. The minimum atomic E-state index is -2.17. The summed E-state index contributed by atoms with van der Waals surface area (Å²) in [6.45, 7) is 7.34. The Hall–Kier alpha value is -3.27. The van der Waals surface area contributed by atoms with Crippen LogP contribution in [0.1, 0.15) is 43.6 Å². The highest BCUT2D eigenvalue weighted by Gasteiger charge is 2.45. The number of rotatable bonds is 8. The molecule has 6 heteroatoms. The van der Waals surface area contributed by atoms with E-state index in [0.29, 0.717) is 6.16 Å². The molecule has 0 atom stereocenters. The van der Waals surface area contributed by atoms with E-state index in [9.17, 15) is 9.59 Å². The number of esters is 2. The van der Waals surface area contributed by atoms with E-state index >= 15 is 0 Å². The van der Waals surface area contributed by atoms with Crippen LogP contribution in [0.3, 0.4) is 0 Å². The zero-order valence-electron chi connectivity index (χ0n) is 22.8. The number of benzene rings is 4. The molecule has 4 rings (SSSR count). The van der Waals surface area contributed by atoms with Crippen molar-refractivity contribution in [2.24, 2.45) is 5.41 Å². The second-order valence-electron chi connectivity index (χ2n) is 10.2. The van der Waals surface area contributed by atoms with E-state index < -0.39 is 24.6 Å². The first-order chi connectivity index (χ1) is 18.3. The maximum absolute atomic E-state index is 13.0. The summed E-state index contributed by atoms with van der Waals surface area (Å²) in [5.74, 6) is -0.695. The fourth-order valence-electron chi connectivity index (χ4n) is 4.43. The van der Waals surface area contributed by atoms with Gasteiger partial charge in [0.15, 0.2) is 0 Å². The van der Waals surface area contributed by atoms with Gasteiger partial charge in [-0.2, -0.15) is 0 Å². The Morgan fingerprint density at radius 1 is 0.718 bits per heavy atom. The van der Waals surface area contributed by atoms with Gasteiger partial charge in [-0.05, 0) is 81.8 Å². The summed E-state index contributed by atoms with van der Waals surface area (Å²) in [7, 11) is -2.17. The smallest absolute Gasteiger partial charge is 0.341 e. The van der Waals surface area contributed by atoms with E-state index in [1.165, 1.54) is 15.9 Å². The van der Waals surface area contributed by atoms with Crippen LogP contribution in [-0.4, -0.2) is 18.5 Å².